The van der Waals surface area contributed by atoms with E-state index in [1.54, 1.807) is 29.4 Å². The van der Waals surface area contributed by atoms with Gasteiger partial charge in [0.2, 0.25) is 0 Å². The molecular weight excluding hydrogens is 373 g/mol. The molecule has 1 aliphatic rings. The predicted molar refractivity (Wildman–Crippen MR) is 93.4 cm³/mol. The molecule has 0 radical (unpaired) electrons. The van der Waals surface area contributed by atoms with Gasteiger partial charge < -0.3 is 9.88 Å². The Morgan fingerprint density at radius 3 is 3.00 bits per heavy atom. The number of amides is 1. The molecule has 122 valence electrons. The molecule has 0 saturated heterocycles. The number of benzene rings is 1. The van der Waals surface area contributed by atoms with Gasteiger partial charge in [0.1, 0.15) is 5.82 Å². The highest BCUT2D eigenvalue weighted by Crippen LogP contribution is 2.32. The van der Waals surface area contributed by atoms with E-state index in [-0.39, 0.29) is 11.7 Å². The SMILES string of the molecule is Cc1ccc(F)c2[nH]c3c(c12)CN(C(=O)c1cnccc1Br)CC3. The van der Waals surface area contributed by atoms with Gasteiger partial charge in [-0.25, -0.2) is 4.39 Å². The number of fused-ring (bicyclic) bond motifs is 3. The summed E-state index contributed by atoms with van der Waals surface area (Å²) < 4.78 is 14.8. The number of aromatic nitrogens is 2. The van der Waals surface area contributed by atoms with Gasteiger partial charge in [0, 0.05) is 53.0 Å². The molecule has 0 unspecified atom stereocenters. The van der Waals surface area contributed by atoms with E-state index in [0.29, 0.717) is 30.6 Å². The Kier molecular flexibility index (Phi) is 3.64. The second kappa shape index (κ2) is 5.70. The number of hydrogen-bond acceptors (Lipinski definition) is 2. The van der Waals surface area contributed by atoms with Crippen molar-refractivity contribution in [3.05, 3.63) is 63.3 Å². The molecule has 24 heavy (non-hydrogen) atoms. The number of pyridine rings is 1. The molecule has 0 saturated carbocycles. The van der Waals surface area contributed by atoms with Gasteiger partial charge in [-0.1, -0.05) is 6.07 Å². The van der Waals surface area contributed by atoms with E-state index < -0.39 is 0 Å². The van der Waals surface area contributed by atoms with Crippen LogP contribution in [-0.4, -0.2) is 27.3 Å². The summed E-state index contributed by atoms with van der Waals surface area (Å²) in [7, 11) is 0. The zero-order chi connectivity index (χ0) is 16.8. The number of halogens is 2. The van der Waals surface area contributed by atoms with Crippen molar-refractivity contribution in [2.24, 2.45) is 0 Å². The van der Waals surface area contributed by atoms with E-state index in [1.165, 1.54) is 6.07 Å². The van der Waals surface area contributed by atoms with Crippen molar-refractivity contribution in [2.45, 2.75) is 19.9 Å². The Morgan fingerprint density at radius 1 is 1.38 bits per heavy atom. The zero-order valence-corrected chi connectivity index (χ0v) is 14.7. The fourth-order valence-corrected chi connectivity index (χ4v) is 3.74. The highest BCUT2D eigenvalue weighted by molar-refractivity contribution is 9.10. The first-order chi connectivity index (χ1) is 11.6. The normalized spacial score (nSPS) is 14.0. The molecule has 1 aliphatic heterocycles. The summed E-state index contributed by atoms with van der Waals surface area (Å²) >= 11 is 3.41. The fourth-order valence-electron chi connectivity index (χ4n) is 3.35. The van der Waals surface area contributed by atoms with E-state index in [0.717, 1.165) is 26.7 Å². The molecule has 1 amide bonds. The summed E-state index contributed by atoms with van der Waals surface area (Å²) in [6.07, 6.45) is 3.90. The zero-order valence-electron chi connectivity index (χ0n) is 13.1. The van der Waals surface area contributed by atoms with Crippen LogP contribution >= 0.6 is 15.9 Å². The minimum Gasteiger partial charge on any atom is -0.356 e. The van der Waals surface area contributed by atoms with Crippen molar-refractivity contribution in [1.29, 1.82) is 0 Å². The van der Waals surface area contributed by atoms with Crippen LogP contribution in [0.15, 0.2) is 35.1 Å². The summed E-state index contributed by atoms with van der Waals surface area (Å²) in [4.78, 5) is 21.8. The monoisotopic (exact) mass is 387 g/mol. The topological polar surface area (TPSA) is 49.0 Å². The molecule has 6 heteroatoms. The molecule has 0 aliphatic carbocycles. The molecule has 1 aromatic carbocycles. The number of nitrogens with one attached hydrogen (secondary N) is 1. The number of carbonyl (C=O) groups is 1. The summed E-state index contributed by atoms with van der Waals surface area (Å²) in [6, 6.07) is 5.02. The number of hydrogen-bond donors (Lipinski definition) is 1. The van der Waals surface area contributed by atoms with Gasteiger partial charge >= 0.3 is 0 Å². The van der Waals surface area contributed by atoms with Crippen molar-refractivity contribution >= 4 is 32.7 Å². The Bertz CT molecular complexity index is 966. The van der Waals surface area contributed by atoms with E-state index in [9.17, 15) is 9.18 Å². The molecule has 0 bridgehead atoms. The van der Waals surface area contributed by atoms with Crippen LogP contribution in [0, 0.1) is 12.7 Å². The summed E-state index contributed by atoms with van der Waals surface area (Å²) in [5, 5.41) is 0.896. The number of H-pyrrole nitrogens is 1. The van der Waals surface area contributed by atoms with Gasteiger partial charge in [-0.05, 0) is 40.5 Å². The molecule has 3 heterocycles. The summed E-state index contributed by atoms with van der Waals surface area (Å²) in [6.45, 7) is 3.04. The molecule has 0 spiro atoms. The van der Waals surface area contributed by atoms with Crippen LogP contribution in [-0.2, 0) is 13.0 Å². The fraction of sp³-hybridized carbons (Fsp3) is 0.222. The van der Waals surface area contributed by atoms with E-state index in [4.69, 9.17) is 0 Å². The number of carbonyl (C=O) groups excluding carboxylic acids is 1. The molecule has 4 rings (SSSR count). The number of nitrogens with zero attached hydrogens (tertiary/aromatic N) is 2. The van der Waals surface area contributed by atoms with E-state index >= 15 is 0 Å². The maximum absolute atomic E-state index is 14.1. The van der Waals surface area contributed by atoms with Crippen LogP contribution in [0.4, 0.5) is 4.39 Å². The third kappa shape index (κ3) is 2.33. The maximum atomic E-state index is 14.1. The summed E-state index contributed by atoms with van der Waals surface area (Å²) in [5.41, 5.74) is 4.13. The number of aromatic amines is 1. The van der Waals surface area contributed by atoms with Gasteiger partial charge in [0.25, 0.3) is 5.91 Å². The van der Waals surface area contributed by atoms with Crippen molar-refractivity contribution in [1.82, 2.24) is 14.9 Å². The minimum absolute atomic E-state index is 0.0657. The molecule has 2 aromatic heterocycles. The van der Waals surface area contributed by atoms with Gasteiger partial charge in [0.05, 0.1) is 11.1 Å². The van der Waals surface area contributed by atoms with Crippen LogP contribution in [0.2, 0.25) is 0 Å². The highest BCUT2D eigenvalue weighted by atomic mass is 79.9. The first-order valence-electron chi connectivity index (χ1n) is 7.73. The Hall–Kier alpha value is -2.21. The number of aryl methyl sites for hydroxylation is 1. The van der Waals surface area contributed by atoms with Crippen molar-refractivity contribution in [3.63, 3.8) is 0 Å². The maximum Gasteiger partial charge on any atom is 0.256 e. The quantitative estimate of drug-likeness (QED) is 0.686. The average Bonchev–Trinajstić information content (AvgIpc) is 2.98. The van der Waals surface area contributed by atoms with E-state index in [2.05, 4.69) is 25.9 Å². The van der Waals surface area contributed by atoms with Gasteiger partial charge in [-0.15, -0.1) is 0 Å². The lowest BCUT2D eigenvalue weighted by molar-refractivity contribution is 0.0733. The van der Waals surface area contributed by atoms with Gasteiger partial charge in [-0.3, -0.25) is 9.78 Å². The number of rotatable bonds is 1. The smallest absolute Gasteiger partial charge is 0.256 e. The molecule has 1 N–H and O–H groups in total. The molecule has 3 aromatic rings. The first kappa shape index (κ1) is 15.3. The second-order valence-corrected chi connectivity index (χ2v) is 6.88. The van der Waals surface area contributed by atoms with Crippen molar-refractivity contribution in [3.8, 4) is 0 Å². The van der Waals surface area contributed by atoms with Gasteiger partial charge in [-0.2, -0.15) is 0 Å². The molecule has 4 nitrogen and oxygen atoms in total. The lowest BCUT2D eigenvalue weighted by Gasteiger charge is -2.27. The van der Waals surface area contributed by atoms with Crippen LogP contribution < -0.4 is 0 Å². The standard InChI is InChI=1S/C18H15BrFN3O/c1-10-2-3-14(20)17-16(10)12-9-23(7-5-15(12)22-17)18(24)11-8-21-6-4-13(11)19/h2-4,6,8,22H,5,7,9H2,1H3. The van der Waals surface area contributed by atoms with Crippen LogP contribution in [0.3, 0.4) is 0 Å². The highest BCUT2D eigenvalue weighted by Gasteiger charge is 2.27. The molecule has 0 fully saturated rings. The van der Waals surface area contributed by atoms with Gasteiger partial charge in [0.15, 0.2) is 0 Å². The van der Waals surface area contributed by atoms with Crippen LogP contribution in [0.25, 0.3) is 10.9 Å². The summed E-state index contributed by atoms with van der Waals surface area (Å²) in [5.74, 6) is -0.318. The lowest BCUT2D eigenvalue weighted by Crippen LogP contribution is -2.36. The molecular formula is C18H15BrFN3O. The van der Waals surface area contributed by atoms with Crippen LogP contribution in [0.1, 0.15) is 27.2 Å². The average molecular weight is 388 g/mol. The molecule has 0 atom stereocenters. The van der Waals surface area contributed by atoms with Crippen molar-refractivity contribution in [2.75, 3.05) is 6.54 Å². The first-order valence-corrected chi connectivity index (χ1v) is 8.53. The van der Waals surface area contributed by atoms with E-state index in [1.807, 2.05) is 6.92 Å². The Balaban J connectivity index is 1.75. The minimum atomic E-state index is -0.252. The van der Waals surface area contributed by atoms with Crippen molar-refractivity contribution < 1.29 is 9.18 Å². The Labute approximate surface area is 146 Å². The third-order valence-corrected chi connectivity index (χ3v) is 5.26. The predicted octanol–water partition coefficient (Wildman–Crippen LogP) is 3.97. The Morgan fingerprint density at radius 2 is 2.21 bits per heavy atom. The largest absolute Gasteiger partial charge is 0.356 e. The van der Waals surface area contributed by atoms with Crippen LogP contribution in [0.5, 0.6) is 0 Å². The lowest BCUT2D eigenvalue weighted by atomic mass is 10.0. The third-order valence-electron chi connectivity index (χ3n) is 4.57. The second-order valence-electron chi connectivity index (χ2n) is 6.03.